The number of hydrogen-bond donors (Lipinski definition) is 1. The van der Waals surface area contributed by atoms with Gasteiger partial charge in [0.05, 0.1) is 11.3 Å². The molecule has 0 fully saturated rings. The van der Waals surface area contributed by atoms with Crippen LogP contribution in [0.2, 0.25) is 0 Å². The SMILES string of the molecule is C=CCN1C(=O)C2(C(C(=O)c3cc4ccccc4o3)=C(O)C(=O)N2Cc2cccnc2)c2ccccc21. The number of carbonyl (C=O) groups excluding carboxylic acids is 3. The van der Waals surface area contributed by atoms with Gasteiger partial charge in [-0.3, -0.25) is 19.4 Å². The number of para-hydroxylation sites is 2. The van der Waals surface area contributed by atoms with Gasteiger partial charge in [-0.2, -0.15) is 0 Å². The smallest absolute Gasteiger partial charge is 0.290 e. The summed E-state index contributed by atoms with van der Waals surface area (Å²) in [6, 6.07) is 19.1. The Morgan fingerprint density at radius 1 is 1.08 bits per heavy atom. The topological polar surface area (TPSA) is 104 Å². The van der Waals surface area contributed by atoms with Crippen molar-refractivity contribution in [1.29, 1.82) is 0 Å². The maximum absolute atomic E-state index is 14.3. The number of Topliss-reactive ketones (excluding diaryl/α,β-unsaturated/α-hetero) is 1. The van der Waals surface area contributed by atoms with Crippen LogP contribution >= 0.6 is 0 Å². The number of amides is 2. The summed E-state index contributed by atoms with van der Waals surface area (Å²) in [6.45, 7) is 3.86. The largest absolute Gasteiger partial charge is 0.503 e. The van der Waals surface area contributed by atoms with Crippen LogP contribution in [0.25, 0.3) is 11.0 Å². The molecule has 1 spiro atoms. The standard InChI is InChI=1S/C29H21N3O5/c1-2-14-31-21-11-5-4-10-20(21)29(28(31)36)24(25(33)23-15-19-9-3-6-12-22(19)37-23)26(34)27(35)32(29)17-18-8-7-13-30-16-18/h2-13,15-16,34H,1,14,17H2. The molecule has 2 aliphatic rings. The fourth-order valence-corrected chi connectivity index (χ4v) is 5.29. The van der Waals surface area contributed by atoms with E-state index in [0.717, 1.165) is 0 Å². The highest BCUT2D eigenvalue weighted by Gasteiger charge is 2.65. The van der Waals surface area contributed by atoms with Crippen LogP contribution in [0.5, 0.6) is 0 Å². The first-order valence-electron chi connectivity index (χ1n) is 11.7. The lowest BCUT2D eigenvalue weighted by molar-refractivity contribution is -0.140. The van der Waals surface area contributed by atoms with E-state index in [1.54, 1.807) is 79.1 Å². The number of aliphatic hydroxyl groups excluding tert-OH is 1. The number of rotatable bonds is 6. The minimum atomic E-state index is -1.90. The second kappa shape index (κ2) is 8.30. The molecule has 1 unspecified atom stereocenters. The maximum atomic E-state index is 14.3. The number of carbonyl (C=O) groups is 3. The monoisotopic (exact) mass is 491 g/mol. The summed E-state index contributed by atoms with van der Waals surface area (Å²) in [7, 11) is 0. The number of benzene rings is 2. The van der Waals surface area contributed by atoms with E-state index in [9.17, 15) is 19.5 Å². The molecule has 37 heavy (non-hydrogen) atoms. The quantitative estimate of drug-likeness (QED) is 0.319. The Balaban J connectivity index is 1.60. The first kappa shape index (κ1) is 22.5. The van der Waals surface area contributed by atoms with E-state index in [1.807, 2.05) is 6.07 Å². The number of aliphatic hydroxyl groups is 1. The molecular weight excluding hydrogens is 470 g/mol. The van der Waals surface area contributed by atoms with Gasteiger partial charge in [-0.15, -0.1) is 6.58 Å². The molecule has 0 radical (unpaired) electrons. The Hall–Kier alpha value is -4.98. The van der Waals surface area contributed by atoms with E-state index in [2.05, 4.69) is 11.6 Å². The van der Waals surface area contributed by atoms with Crippen LogP contribution < -0.4 is 4.90 Å². The summed E-state index contributed by atoms with van der Waals surface area (Å²) < 4.78 is 5.80. The van der Waals surface area contributed by atoms with E-state index in [4.69, 9.17) is 4.42 Å². The Morgan fingerprint density at radius 2 is 1.86 bits per heavy atom. The minimum Gasteiger partial charge on any atom is -0.503 e. The molecule has 2 aliphatic heterocycles. The molecule has 182 valence electrons. The lowest BCUT2D eigenvalue weighted by Gasteiger charge is -2.35. The van der Waals surface area contributed by atoms with Crippen LogP contribution in [0.15, 0.2) is 108 Å². The number of furan rings is 1. The number of pyridine rings is 1. The normalized spacial score (nSPS) is 18.8. The number of aromatic nitrogens is 1. The molecule has 6 rings (SSSR count). The summed E-state index contributed by atoms with van der Waals surface area (Å²) >= 11 is 0. The zero-order chi connectivity index (χ0) is 25.7. The lowest BCUT2D eigenvalue weighted by Crippen LogP contribution is -2.53. The summed E-state index contributed by atoms with van der Waals surface area (Å²) in [6.07, 6.45) is 4.74. The van der Waals surface area contributed by atoms with Gasteiger partial charge in [-0.1, -0.05) is 48.5 Å². The number of fused-ring (bicyclic) bond motifs is 3. The van der Waals surface area contributed by atoms with Crippen LogP contribution in [0.1, 0.15) is 21.7 Å². The first-order valence-corrected chi connectivity index (χ1v) is 11.7. The number of hydrogen-bond acceptors (Lipinski definition) is 6. The average Bonchev–Trinajstić information content (AvgIpc) is 3.53. The van der Waals surface area contributed by atoms with Crippen molar-refractivity contribution < 1.29 is 23.9 Å². The van der Waals surface area contributed by atoms with Crippen molar-refractivity contribution in [3.05, 3.63) is 120 Å². The third-order valence-electron chi connectivity index (χ3n) is 6.84. The molecule has 1 N–H and O–H groups in total. The van der Waals surface area contributed by atoms with Crippen LogP contribution in [-0.2, 0) is 21.7 Å². The Morgan fingerprint density at radius 3 is 2.62 bits per heavy atom. The van der Waals surface area contributed by atoms with Crippen molar-refractivity contribution in [2.75, 3.05) is 11.4 Å². The predicted molar refractivity (Wildman–Crippen MR) is 136 cm³/mol. The van der Waals surface area contributed by atoms with E-state index in [0.29, 0.717) is 27.8 Å². The highest BCUT2D eigenvalue weighted by atomic mass is 16.3. The van der Waals surface area contributed by atoms with Crippen LogP contribution in [0.4, 0.5) is 5.69 Å². The van der Waals surface area contributed by atoms with Gasteiger partial charge in [0, 0.05) is 36.4 Å². The zero-order valence-electron chi connectivity index (χ0n) is 19.6. The number of ketones is 1. The highest BCUT2D eigenvalue weighted by Crippen LogP contribution is 2.54. The second-order valence-corrected chi connectivity index (χ2v) is 8.89. The molecule has 0 saturated heterocycles. The van der Waals surface area contributed by atoms with Gasteiger partial charge in [-0.05, 0) is 29.8 Å². The molecule has 2 amide bonds. The predicted octanol–water partition coefficient (Wildman–Crippen LogP) is 4.29. The molecule has 0 bridgehead atoms. The third-order valence-corrected chi connectivity index (χ3v) is 6.84. The third kappa shape index (κ3) is 3.09. The van der Waals surface area contributed by atoms with Crippen molar-refractivity contribution in [3.8, 4) is 0 Å². The highest BCUT2D eigenvalue weighted by molar-refractivity contribution is 6.26. The van der Waals surface area contributed by atoms with Crippen LogP contribution in [0.3, 0.4) is 0 Å². The van der Waals surface area contributed by atoms with Gasteiger partial charge in [0.2, 0.25) is 5.78 Å². The Labute approximate surface area is 211 Å². The van der Waals surface area contributed by atoms with Crippen molar-refractivity contribution >= 4 is 34.3 Å². The lowest BCUT2D eigenvalue weighted by atomic mass is 9.81. The minimum absolute atomic E-state index is 0.0599. The van der Waals surface area contributed by atoms with E-state index < -0.39 is 28.9 Å². The molecule has 2 aromatic heterocycles. The molecule has 4 heterocycles. The van der Waals surface area contributed by atoms with E-state index >= 15 is 0 Å². The number of nitrogens with zero attached hydrogens (tertiary/aromatic N) is 3. The Bertz CT molecular complexity index is 1600. The van der Waals surface area contributed by atoms with Crippen molar-refractivity contribution in [2.45, 2.75) is 12.1 Å². The summed E-state index contributed by atoms with van der Waals surface area (Å²) in [4.78, 5) is 48.9. The fourth-order valence-electron chi connectivity index (χ4n) is 5.29. The molecule has 0 saturated carbocycles. The molecule has 1 atom stereocenters. The molecule has 0 aliphatic carbocycles. The molecule has 2 aromatic carbocycles. The molecule has 8 heteroatoms. The zero-order valence-corrected chi connectivity index (χ0v) is 19.6. The fraction of sp³-hybridized carbons (Fsp3) is 0.103. The van der Waals surface area contributed by atoms with Crippen molar-refractivity contribution in [2.24, 2.45) is 0 Å². The van der Waals surface area contributed by atoms with Crippen molar-refractivity contribution in [1.82, 2.24) is 9.88 Å². The van der Waals surface area contributed by atoms with Crippen LogP contribution in [-0.4, -0.2) is 39.1 Å². The van der Waals surface area contributed by atoms with Gasteiger partial charge >= 0.3 is 0 Å². The molecular formula is C29H21N3O5. The van der Waals surface area contributed by atoms with Gasteiger partial charge in [0.25, 0.3) is 11.8 Å². The average molecular weight is 492 g/mol. The second-order valence-electron chi connectivity index (χ2n) is 8.89. The molecule has 8 nitrogen and oxygen atoms in total. The van der Waals surface area contributed by atoms with E-state index in [1.165, 1.54) is 9.80 Å². The van der Waals surface area contributed by atoms with Gasteiger partial charge < -0.3 is 19.3 Å². The summed E-state index contributed by atoms with van der Waals surface area (Å²) in [5.41, 5.74) is -0.170. The van der Waals surface area contributed by atoms with Gasteiger partial charge in [0.15, 0.2) is 17.1 Å². The van der Waals surface area contributed by atoms with Gasteiger partial charge in [0.1, 0.15) is 5.58 Å². The van der Waals surface area contributed by atoms with Crippen LogP contribution in [0, 0.1) is 0 Å². The summed E-state index contributed by atoms with van der Waals surface area (Å²) in [5, 5.41) is 11.9. The maximum Gasteiger partial charge on any atom is 0.290 e. The Kier molecular flexibility index (Phi) is 5.05. The summed E-state index contributed by atoms with van der Waals surface area (Å²) in [5.74, 6) is -2.95. The first-order chi connectivity index (χ1) is 18.0. The van der Waals surface area contributed by atoms with E-state index in [-0.39, 0.29) is 24.4 Å². The van der Waals surface area contributed by atoms with Crippen molar-refractivity contribution in [3.63, 3.8) is 0 Å². The molecule has 4 aromatic rings. The van der Waals surface area contributed by atoms with Gasteiger partial charge in [-0.25, -0.2) is 0 Å². The number of anilines is 1.